The molecule has 1 aliphatic rings. The van der Waals surface area contributed by atoms with Crippen LogP contribution in [0.3, 0.4) is 0 Å². The van der Waals surface area contributed by atoms with Gasteiger partial charge in [0, 0.05) is 32.6 Å². The fourth-order valence-electron chi connectivity index (χ4n) is 1.98. The van der Waals surface area contributed by atoms with Crippen LogP contribution >= 0.6 is 0 Å². The molecule has 0 heterocycles. The van der Waals surface area contributed by atoms with Crippen LogP contribution < -0.4 is 0 Å². The molecule has 1 aromatic rings. The van der Waals surface area contributed by atoms with Crippen LogP contribution in [0, 0.1) is 6.42 Å². The Morgan fingerprint density at radius 1 is 0.929 bits per heavy atom. The third-order valence-corrected chi connectivity index (χ3v) is 2.76. The number of benzene rings is 1. The Labute approximate surface area is 106 Å². The predicted molar refractivity (Wildman–Crippen MR) is 57.6 cm³/mol. The second-order valence-electron chi connectivity index (χ2n) is 3.44. The first-order valence-electron chi connectivity index (χ1n) is 5.03. The van der Waals surface area contributed by atoms with Gasteiger partial charge in [-0.25, -0.2) is 0 Å². The van der Waals surface area contributed by atoms with E-state index < -0.39 is 0 Å². The van der Waals surface area contributed by atoms with E-state index in [0.29, 0.717) is 0 Å². The van der Waals surface area contributed by atoms with Gasteiger partial charge in [-0.05, 0) is 35.1 Å². The Bertz CT molecular complexity index is 350. The van der Waals surface area contributed by atoms with Crippen LogP contribution in [0.1, 0.15) is 36.1 Å². The van der Waals surface area contributed by atoms with Gasteiger partial charge < -0.3 is 0 Å². The van der Waals surface area contributed by atoms with Gasteiger partial charge in [0.25, 0.3) is 0 Å². The van der Waals surface area contributed by atoms with Crippen LogP contribution in [0.2, 0.25) is 0 Å². The maximum absolute atomic E-state index is 2.27. The molecule has 0 atom stereocenters. The third kappa shape index (κ3) is 1.93. The topological polar surface area (TPSA) is 0 Å². The molecule has 1 aliphatic carbocycles. The summed E-state index contributed by atoms with van der Waals surface area (Å²) >= 11 is 0. The molecule has 0 amide bonds. The number of fused-ring (bicyclic) bond motifs is 1. The summed E-state index contributed by atoms with van der Waals surface area (Å²) in [6.45, 7) is 4.43. The quantitative estimate of drug-likeness (QED) is 0.766. The smallest absolute Gasteiger partial charge is 0.0134 e. The second-order valence-corrected chi connectivity index (χ2v) is 3.44. The minimum atomic E-state index is 0. The third-order valence-electron chi connectivity index (χ3n) is 2.76. The molecular formula is C13H15Zr. The van der Waals surface area contributed by atoms with Crippen molar-refractivity contribution in [3.63, 3.8) is 0 Å². The molecule has 71 valence electrons. The van der Waals surface area contributed by atoms with Crippen molar-refractivity contribution in [3.05, 3.63) is 46.9 Å². The summed E-state index contributed by atoms with van der Waals surface area (Å²) in [6, 6.07) is 4.53. The molecule has 0 unspecified atom stereocenters. The molecule has 2 rings (SSSR count). The zero-order valence-electron chi connectivity index (χ0n) is 8.80. The van der Waals surface area contributed by atoms with E-state index in [1.807, 2.05) is 0 Å². The standard InChI is InChI=1S/C13H15.Zr/c1-3-10-8-9-11(4-2)13-7-5-6-12(10)13;/h5-9H,3-4H2,1-2H3;. The summed E-state index contributed by atoms with van der Waals surface area (Å²) in [5.41, 5.74) is 5.83. The van der Waals surface area contributed by atoms with Gasteiger partial charge in [0.15, 0.2) is 0 Å². The zero-order chi connectivity index (χ0) is 9.26. The molecule has 0 N–H and O–H groups in total. The van der Waals surface area contributed by atoms with E-state index in [2.05, 4.69) is 44.6 Å². The maximum Gasteiger partial charge on any atom is 0.0134 e. The number of hydrogen-bond donors (Lipinski definition) is 0. The Hall–Kier alpha value is -0.157. The summed E-state index contributed by atoms with van der Waals surface area (Å²) in [6.07, 6.45) is 8.87. The van der Waals surface area contributed by atoms with Gasteiger partial charge in [-0.1, -0.05) is 38.1 Å². The zero-order valence-corrected chi connectivity index (χ0v) is 11.3. The van der Waals surface area contributed by atoms with E-state index in [0.717, 1.165) is 12.8 Å². The summed E-state index contributed by atoms with van der Waals surface area (Å²) in [5.74, 6) is 0. The fraction of sp³-hybridized carbons (Fsp3) is 0.308. The van der Waals surface area contributed by atoms with Crippen LogP contribution in [0.5, 0.6) is 0 Å². The van der Waals surface area contributed by atoms with Gasteiger partial charge in [-0.3, -0.25) is 0 Å². The van der Waals surface area contributed by atoms with E-state index in [1.165, 1.54) is 22.3 Å². The minimum Gasteiger partial charge on any atom is -0.0754 e. The van der Waals surface area contributed by atoms with Crippen molar-refractivity contribution in [2.24, 2.45) is 0 Å². The molecule has 0 spiro atoms. The molecule has 1 radical (unpaired) electrons. The molecular weight excluding hydrogens is 247 g/mol. The summed E-state index contributed by atoms with van der Waals surface area (Å²) in [5, 5.41) is 0. The van der Waals surface area contributed by atoms with E-state index >= 15 is 0 Å². The van der Waals surface area contributed by atoms with Crippen LogP contribution in [0.15, 0.2) is 18.2 Å². The molecule has 0 saturated carbocycles. The van der Waals surface area contributed by atoms with Crippen molar-refractivity contribution < 1.29 is 26.2 Å². The first-order chi connectivity index (χ1) is 6.36. The average Bonchev–Trinajstić information content (AvgIpc) is 2.64. The molecule has 1 aromatic carbocycles. The number of aryl methyl sites for hydroxylation is 2. The fourth-order valence-corrected chi connectivity index (χ4v) is 1.98. The first kappa shape index (κ1) is 11.9. The van der Waals surface area contributed by atoms with Crippen molar-refractivity contribution in [2.45, 2.75) is 26.7 Å². The van der Waals surface area contributed by atoms with E-state index in [-0.39, 0.29) is 26.2 Å². The normalized spacial score (nSPS) is 12.4. The molecule has 0 fully saturated rings. The molecule has 0 saturated heterocycles. The van der Waals surface area contributed by atoms with Crippen molar-refractivity contribution in [1.82, 2.24) is 0 Å². The number of hydrogen-bond acceptors (Lipinski definition) is 0. The van der Waals surface area contributed by atoms with Gasteiger partial charge in [-0.2, -0.15) is 0 Å². The van der Waals surface area contributed by atoms with Gasteiger partial charge in [0.05, 0.1) is 0 Å². The van der Waals surface area contributed by atoms with E-state index in [4.69, 9.17) is 0 Å². The largest absolute Gasteiger partial charge is 0.0754 e. The van der Waals surface area contributed by atoms with Crippen LogP contribution in [0.25, 0.3) is 6.08 Å². The maximum atomic E-state index is 2.27. The Balaban J connectivity index is 0.000000980. The van der Waals surface area contributed by atoms with Crippen molar-refractivity contribution in [1.29, 1.82) is 0 Å². The second kappa shape index (κ2) is 5.07. The van der Waals surface area contributed by atoms with Crippen molar-refractivity contribution in [3.8, 4) is 0 Å². The van der Waals surface area contributed by atoms with Crippen LogP contribution in [-0.4, -0.2) is 0 Å². The van der Waals surface area contributed by atoms with Gasteiger partial charge >= 0.3 is 0 Å². The summed E-state index contributed by atoms with van der Waals surface area (Å²) in [4.78, 5) is 0. The Morgan fingerprint density at radius 3 is 2.07 bits per heavy atom. The van der Waals surface area contributed by atoms with Crippen LogP contribution in [0.4, 0.5) is 0 Å². The monoisotopic (exact) mass is 261 g/mol. The minimum absolute atomic E-state index is 0. The van der Waals surface area contributed by atoms with Crippen molar-refractivity contribution >= 4 is 6.08 Å². The SMILES string of the molecule is CCc1ccc(CC)c2c1[CH]C=C2.[Zr]. The summed E-state index contributed by atoms with van der Waals surface area (Å²) in [7, 11) is 0. The Kier molecular flexibility index (Phi) is 4.32. The molecule has 1 heteroatoms. The van der Waals surface area contributed by atoms with Gasteiger partial charge in [0.1, 0.15) is 0 Å². The predicted octanol–water partition coefficient (Wildman–Crippen LogP) is 3.39. The van der Waals surface area contributed by atoms with Gasteiger partial charge in [-0.15, -0.1) is 0 Å². The van der Waals surface area contributed by atoms with E-state index in [1.54, 1.807) is 0 Å². The number of rotatable bonds is 2. The van der Waals surface area contributed by atoms with Crippen LogP contribution in [-0.2, 0) is 39.0 Å². The molecule has 0 aromatic heterocycles. The number of allylic oxidation sites excluding steroid dienone is 1. The summed E-state index contributed by atoms with van der Waals surface area (Å²) < 4.78 is 0. The van der Waals surface area contributed by atoms with Crippen molar-refractivity contribution in [2.75, 3.05) is 0 Å². The van der Waals surface area contributed by atoms with E-state index in [9.17, 15) is 0 Å². The molecule has 0 bridgehead atoms. The molecule has 0 nitrogen and oxygen atoms in total. The van der Waals surface area contributed by atoms with Gasteiger partial charge in [0.2, 0.25) is 0 Å². The average molecular weight is 262 g/mol. The molecule has 0 aliphatic heterocycles. The Morgan fingerprint density at radius 2 is 1.50 bits per heavy atom. The molecule has 14 heavy (non-hydrogen) atoms. The first-order valence-corrected chi connectivity index (χ1v) is 5.03.